The van der Waals surface area contributed by atoms with E-state index in [0.717, 1.165) is 10.4 Å². The van der Waals surface area contributed by atoms with Crippen molar-refractivity contribution in [2.24, 2.45) is 0 Å². The van der Waals surface area contributed by atoms with Crippen LogP contribution in [0.5, 0.6) is 11.5 Å². The molecule has 0 aliphatic carbocycles. The van der Waals surface area contributed by atoms with Crippen LogP contribution in [0.2, 0.25) is 0 Å². The van der Waals surface area contributed by atoms with E-state index in [9.17, 15) is 4.79 Å². The molecule has 0 saturated carbocycles. The number of ether oxygens (including phenoxy) is 2. The summed E-state index contributed by atoms with van der Waals surface area (Å²) in [5.74, 6) is 1.44. The molecule has 1 aromatic heterocycles. The summed E-state index contributed by atoms with van der Waals surface area (Å²) in [5.41, 5.74) is 0.922. The summed E-state index contributed by atoms with van der Waals surface area (Å²) in [6.07, 6.45) is 0.376. The monoisotopic (exact) mass is 262 g/mol. The number of hydrogen-bond donors (Lipinski definition) is 0. The highest BCUT2D eigenvalue weighted by atomic mass is 32.1. The van der Waals surface area contributed by atoms with Crippen LogP contribution in [-0.4, -0.2) is 20.0 Å². The average molecular weight is 262 g/mol. The molecule has 4 heteroatoms. The molecule has 0 radical (unpaired) electrons. The van der Waals surface area contributed by atoms with Crippen molar-refractivity contribution in [3.63, 3.8) is 0 Å². The summed E-state index contributed by atoms with van der Waals surface area (Å²) in [5, 5.41) is 1.90. The second kappa shape index (κ2) is 5.69. The Balaban J connectivity index is 2.17. The SMILES string of the molecule is COc1ccc(CC(=O)c2cccs2)cc1OC. The summed E-state index contributed by atoms with van der Waals surface area (Å²) in [7, 11) is 3.18. The molecule has 18 heavy (non-hydrogen) atoms. The zero-order valence-corrected chi connectivity index (χ0v) is 11.1. The van der Waals surface area contributed by atoms with Gasteiger partial charge in [0.25, 0.3) is 0 Å². The highest BCUT2D eigenvalue weighted by molar-refractivity contribution is 7.12. The van der Waals surface area contributed by atoms with E-state index in [0.29, 0.717) is 17.9 Å². The maximum absolute atomic E-state index is 12.0. The maximum Gasteiger partial charge on any atom is 0.177 e. The van der Waals surface area contributed by atoms with Crippen LogP contribution in [0.1, 0.15) is 15.2 Å². The van der Waals surface area contributed by atoms with Gasteiger partial charge in [0.1, 0.15) is 0 Å². The third-order valence-corrected chi connectivity index (χ3v) is 3.52. The number of methoxy groups -OCH3 is 2. The average Bonchev–Trinajstić information content (AvgIpc) is 2.92. The lowest BCUT2D eigenvalue weighted by Crippen LogP contribution is -2.01. The maximum atomic E-state index is 12.0. The predicted octanol–water partition coefficient (Wildman–Crippen LogP) is 3.19. The van der Waals surface area contributed by atoms with Crippen molar-refractivity contribution >= 4 is 17.1 Å². The van der Waals surface area contributed by atoms with E-state index < -0.39 is 0 Å². The zero-order valence-electron chi connectivity index (χ0n) is 10.3. The Hall–Kier alpha value is -1.81. The summed E-state index contributed by atoms with van der Waals surface area (Å²) in [6, 6.07) is 9.26. The van der Waals surface area contributed by atoms with Gasteiger partial charge in [-0.2, -0.15) is 0 Å². The fourth-order valence-corrected chi connectivity index (χ4v) is 2.36. The molecule has 0 aliphatic heterocycles. The molecule has 0 fully saturated rings. The Morgan fingerprint density at radius 2 is 1.94 bits per heavy atom. The molecule has 0 bridgehead atoms. The van der Waals surface area contributed by atoms with Gasteiger partial charge in [0.2, 0.25) is 0 Å². The van der Waals surface area contributed by atoms with E-state index in [2.05, 4.69) is 0 Å². The van der Waals surface area contributed by atoms with Crippen LogP contribution in [0.25, 0.3) is 0 Å². The molecule has 94 valence electrons. The van der Waals surface area contributed by atoms with Crippen LogP contribution < -0.4 is 9.47 Å². The topological polar surface area (TPSA) is 35.5 Å². The molecule has 2 aromatic rings. The second-order valence-corrected chi connectivity index (χ2v) is 4.71. The van der Waals surface area contributed by atoms with E-state index in [1.54, 1.807) is 14.2 Å². The quantitative estimate of drug-likeness (QED) is 0.776. The van der Waals surface area contributed by atoms with Crippen LogP contribution in [0.4, 0.5) is 0 Å². The molecular formula is C14H14O3S. The van der Waals surface area contributed by atoms with Gasteiger partial charge in [-0.15, -0.1) is 11.3 Å². The molecule has 0 aliphatic rings. The minimum Gasteiger partial charge on any atom is -0.493 e. The van der Waals surface area contributed by atoms with Gasteiger partial charge in [0.15, 0.2) is 17.3 Å². The lowest BCUT2D eigenvalue weighted by molar-refractivity contribution is 0.0997. The number of Topliss-reactive ketones (excluding diaryl/α,β-unsaturated/α-hetero) is 1. The van der Waals surface area contributed by atoms with Gasteiger partial charge in [-0.05, 0) is 29.1 Å². The van der Waals surface area contributed by atoms with Crippen molar-refractivity contribution in [1.82, 2.24) is 0 Å². The molecule has 2 rings (SSSR count). The van der Waals surface area contributed by atoms with Crippen molar-refractivity contribution in [3.8, 4) is 11.5 Å². The third kappa shape index (κ3) is 2.71. The van der Waals surface area contributed by atoms with Crippen LogP contribution in [0.15, 0.2) is 35.7 Å². The van der Waals surface area contributed by atoms with Gasteiger partial charge in [-0.1, -0.05) is 12.1 Å². The van der Waals surface area contributed by atoms with Gasteiger partial charge < -0.3 is 9.47 Å². The van der Waals surface area contributed by atoms with E-state index in [-0.39, 0.29) is 5.78 Å². The van der Waals surface area contributed by atoms with Crippen LogP contribution in [-0.2, 0) is 6.42 Å². The van der Waals surface area contributed by atoms with E-state index in [1.165, 1.54) is 11.3 Å². The van der Waals surface area contributed by atoms with E-state index in [4.69, 9.17) is 9.47 Å². The fourth-order valence-electron chi connectivity index (χ4n) is 1.70. The number of carbonyl (C=O) groups is 1. The van der Waals surface area contributed by atoms with E-state index in [1.807, 2.05) is 35.7 Å². The van der Waals surface area contributed by atoms with Crippen molar-refractivity contribution in [2.45, 2.75) is 6.42 Å². The van der Waals surface area contributed by atoms with Gasteiger partial charge in [0.05, 0.1) is 19.1 Å². The largest absolute Gasteiger partial charge is 0.493 e. The Bertz CT molecular complexity index is 532. The highest BCUT2D eigenvalue weighted by Gasteiger charge is 2.10. The molecule has 0 N–H and O–H groups in total. The van der Waals surface area contributed by atoms with Gasteiger partial charge in [-0.25, -0.2) is 0 Å². The summed E-state index contributed by atoms with van der Waals surface area (Å²) in [6.45, 7) is 0. The van der Waals surface area contributed by atoms with Crippen molar-refractivity contribution in [1.29, 1.82) is 0 Å². The Morgan fingerprint density at radius 3 is 2.56 bits per heavy atom. The van der Waals surface area contributed by atoms with Gasteiger partial charge in [-0.3, -0.25) is 4.79 Å². The molecule has 0 atom stereocenters. The molecule has 1 heterocycles. The Kier molecular flexibility index (Phi) is 3.99. The second-order valence-electron chi connectivity index (χ2n) is 3.77. The van der Waals surface area contributed by atoms with Gasteiger partial charge >= 0.3 is 0 Å². The van der Waals surface area contributed by atoms with E-state index >= 15 is 0 Å². The number of hydrogen-bond acceptors (Lipinski definition) is 4. The van der Waals surface area contributed by atoms with Crippen LogP contribution in [0.3, 0.4) is 0 Å². The standard InChI is InChI=1S/C14H14O3S/c1-16-12-6-5-10(9-13(12)17-2)8-11(15)14-4-3-7-18-14/h3-7,9H,8H2,1-2H3. The number of benzene rings is 1. The number of rotatable bonds is 5. The zero-order chi connectivity index (χ0) is 13.0. The van der Waals surface area contributed by atoms with Crippen LogP contribution in [0, 0.1) is 0 Å². The smallest absolute Gasteiger partial charge is 0.177 e. The third-order valence-electron chi connectivity index (χ3n) is 2.61. The molecular weight excluding hydrogens is 248 g/mol. The molecule has 1 aromatic carbocycles. The molecule has 0 saturated heterocycles. The van der Waals surface area contributed by atoms with Crippen LogP contribution >= 0.6 is 11.3 Å². The molecule has 3 nitrogen and oxygen atoms in total. The Labute approximate surface area is 110 Å². The molecule has 0 unspecified atom stereocenters. The Morgan fingerprint density at radius 1 is 1.17 bits per heavy atom. The first-order chi connectivity index (χ1) is 8.74. The minimum atomic E-state index is 0.122. The lowest BCUT2D eigenvalue weighted by atomic mass is 10.1. The highest BCUT2D eigenvalue weighted by Crippen LogP contribution is 2.28. The molecule has 0 amide bonds. The summed E-state index contributed by atoms with van der Waals surface area (Å²) >= 11 is 1.46. The summed E-state index contributed by atoms with van der Waals surface area (Å²) in [4.78, 5) is 12.7. The van der Waals surface area contributed by atoms with Gasteiger partial charge in [0, 0.05) is 6.42 Å². The first-order valence-electron chi connectivity index (χ1n) is 5.52. The molecule has 0 spiro atoms. The van der Waals surface area contributed by atoms with Crippen molar-refractivity contribution in [2.75, 3.05) is 14.2 Å². The predicted molar refractivity (Wildman–Crippen MR) is 71.9 cm³/mol. The first-order valence-corrected chi connectivity index (χ1v) is 6.40. The van der Waals surface area contributed by atoms with Crippen molar-refractivity contribution < 1.29 is 14.3 Å². The normalized spacial score (nSPS) is 10.1. The minimum absolute atomic E-state index is 0.122. The summed E-state index contributed by atoms with van der Waals surface area (Å²) < 4.78 is 10.4. The first kappa shape index (κ1) is 12.6. The van der Waals surface area contributed by atoms with Crippen molar-refractivity contribution in [3.05, 3.63) is 46.2 Å². The number of ketones is 1. The fraction of sp³-hybridized carbons (Fsp3) is 0.214. The lowest BCUT2D eigenvalue weighted by Gasteiger charge is -2.08. The number of thiophene rings is 1. The number of carbonyl (C=O) groups excluding carboxylic acids is 1.